The molecule has 0 amide bonds. The van der Waals surface area contributed by atoms with Crippen LogP contribution in [0, 0.1) is 0 Å². The molecule has 5 nitrogen and oxygen atoms in total. The van der Waals surface area contributed by atoms with Crippen molar-refractivity contribution in [2.24, 2.45) is 0 Å². The molecule has 5 aromatic rings. The third kappa shape index (κ3) is 3.48. The molecule has 0 unspecified atom stereocenters. The predicted molar refractivity (Wildman–Crippen MR) is 126 cm³/mol. The summed E-state index contributed by atoms with van der Waals surface area (Å²) in [7, 11) is 0. The second kappa shape index (κ2) is 7.13. The van der Waals surface area contributed by atoms with Crippen molar-refractivity contribution in [1.82, 2.24) is 14.4 Å². The van der Waals surface area contributed by atoms with Crippen molar-refractivity contribution in [1.29, 1.82) is 0 Å². The van der Waals surface area contributed by atoms with Gasteiger partial charge in [-0.1, -0.05) is 42.5 Å². The summed E-state index contributed by atoms with van der Waals surface area (Å²) in [5, 5.41) is 13.4. The molecule has 0 bridgehead atoms. The highest BCUT2D eigenvalue weighted by atomic mass is 16.3. The molecule has 0 saturated heterocycles. The molecule has 5 heteroatoms. The van der Waals surface area contributed by atoms with E-state index in [0.717, 1.165) is 45.0 Å². The molecule has 5 rings (SSSR count). The average Bonchev–Trinajstić information content (AvgIpc) is 3.12. The van der Waals surface area contributed by atoms with Crippen LogP contribution in [0.15, 0.2) is 78.9 Å². The van der Waals surface area contributed by atoms with E-state index in [1.807, 2.05) is 48.5 Å². The number of para-hydroxylation sites is 2. The van der Waals surface area contributed by atoms with Gasteiger partial charge in [0.05, 0.1) is 11.0 Å². The van der Waals surface area contributed by atoms with E-state index in [1.165, 1.54) is 0 Å². The van der Waals surface area contributed by atoms with E-state index in [0.29, 0.717) is 0 Å². The van der Waals surface area contributed by atoms with Gasteiger partial charge in [0.2, 0.25) is 0 Å². The van der Waals surface area contributed by atoms with Crippen molar-refractivity contribution in [2.45, 2.75) is 26.3 Å². The number of rotatable bonds is 3. The SMILES string of the molecule is CC(C)(C)Nc1c(-c2ccccc2)nc2c(-c3ccc(O)cc3)nc3ccccc3n12. The standard InChI is InChI=1S/C26H24N4O/c1-26(2,3)29-25-23(17-9-5-4-6-10-17)28-24-22(18-13-15-19(31)16-14-18)27-20-11-7-8-12-21(20)30(24)25/h4-16,29,31H,1-3H3. The van der Waals surface area contributed by atoms with Crippen LogP contribution in [-0.2, 0) is 0 Å². The summed E-state index contributed by atoms with van der Waals surface area (Å²) in [5.41, 5.74) is 6.08. The Kier molecular flexibility index (Phi) is 4.40. The zero-order valence-corrected chi connectivity index (χ0v) is 17.8. The van der Waals surface area contributed by atoms with E-state index in [-0.39, 0.29) is 11.3 Å². The minimum Gasteiger partial charge on any atom is -0.508 e. The van der Waals surface area contributed by atoms with Gasteiger partial charge in [-0.15, -0.1) is 0 Å². The number of phenols is 1. The molecule has 0 aliphatic carbocycles. The van der Waals surface area contributed by atoms with Gasteiger partial charge in [0.1, 0.15) is 23.0 Å². The lowest BCUT2D eigenvalue weighted by Gasteiger charge is -2.23. The quantitative estimate of drug-likeness (QED) is 0.377. The summed E-state index contributed by atoms with van der Waals surface area (Å²) in [6.07, 6.45) is 0. The number of phenolic OH excluding ortho intramolecular Hbond substituents is 1. The molecule has 0 aliphatic heterocycles. The number of nitrogens with zero attached hydrogens (tertiary/aromatic N) is 3. The monoisotopic (exact) mass is 408 g/mol. The van der Waals surface area contributed by atoms with Gasteiger partial charge in [-0.05, 0) is 57.2 Å². The maximum absolute atomic E-state index is 9.76. The zero-order chi connectivity index (χ0) is 21.6. The van der Waals surface area contributed by atoms with Gasteiger partial charge < -0.3 is 10.4 Å². The highest BCUT2D eigenvalue weighted by molar-refractivity contribution is 5.91. The number of aromatic nitrogens is 3. The molecular formula is C26H24N4O. The third-order valence-corrected chi connectivity index (χ3v) is 5.13. The molecule has 3 aromatic carbocycles. The number of hydrogen-bond donors (Lipinski definition) is 2. The first-order chi connectivity index (χ1) is 14.9. The molecular weight excluding hydrogens is 384 g/mol. The van der Waals surface area contributed by atoms with Gasteiger partial charge in [0.25, 0.3) is 0 Å². The van der Waals surface area contributed by atoms with Gasteiger partial charge in [0, 0.05) is 16.7 Å². The Morgan fingerprint density at radius 3 is 2.10 bits per heavy atom. The molecule has 2 aromatic heterocycles. The smallest absolute Gasteiger partial charge is 0.166 e. The Balaban J connectivity index is 1.92. The largest absolute Gasteiger partial charge is 0.508 e. The summed E-state index contributed by atoms with van der Waals surface area (Å²) < 4.78 is 2.16. The molecule has 2 N–H and O–H groups in total. The van der Waals surface area contributed by atoms with Gasteiger partial charge in [-0.3, -0.25) is 4.40 Å². The number of nitrogens with one attached hydrogen (secondary N) is 1. The van der Waals surface area contributed by atoms with Gasteiger partial charge >= 0.3 is 0 Å². The average molecular weight is 409 g/mol. The normalized spacial score (nSPS) is 11.8. The second-order valence-corrected chi connectivity index (χ2v) is 8.71. The van der Waals surface area contributed by atoms with Gasteiger partial charge in [0.15, 0.2) is 5.65 Å². The van der Waals surface area contributed by atoms with E-state index in [1.54, 1.807) is 12.1 Å². The topological polar surface area (TPSA) is 62.5 Å². The summed E-state index contributed by atoms with van der Waals surface area (Å²) in [4.78, 5) is 10.0. The van der Waals surface area contributed by atoms with Crippen LogP contribution in [0.2, 0.25) is 0 Å². The number of imidazole rings is 1. The first kappa shape index (κ1) is 19.1. The maximum atomic E-state index is 9.76. The second-order valence-electron chi connectivity index (χ2n) is 8.71. The fourth-order valence-corrected chi connectivity index (χ4v) is 3.81. The number of aromatic hydroxyl groups is 1. The molecule has 0 radical (unpaired) electrons. The lowest BCUT2D eigenvalue weighted by Crippen LogP contribution is -2.27. The number of hydrogen-bond acceptors (Lipinski definition) is 4. The van der Waals surface area contributed by atoms with Crippen LogP contribution in [0.5, 0.6) is 5.75 Å². The first-order valence-electron chi connectivity index (χ1n) is 10.3. The van der Waals surface area contributed by atoms with E-state index >= 15 is 0 Å². The molecule has 0 saturated carbocycles. The highest BCUT2D eigenvalue weighted by Crippen LogP contribution is 2.36. The molecule has 0 atom stereocenters. The van der Waals surface area contributed by atoms with E-state index in [4.69, 9.17) is 9.97 Å². The van der Waals surface area contributed by atoms with Crippen molar-refractivity contribution in [3.63, 3.8) is 0 Å². The molecule has 0 spiro atoms. The van der Waals surface area contributed by atoms with Crippen LogP contribution in [-0.4, -0.2) is 25.0 Å². The van der Waals surface area contributed by atoms with Crippen LogP contribution in [0.3, 0.4) is 0 Å². The van der Waals surface area contributed by atoms with Crippen LogP contribution < -0.4 is 5.32 Å². The fraction of sp³-hybridized carbons (Fsp3) is 0.154. The Hall–Kier alpha value is -3.86. The Morgan fingerprint density at radius 2 is 1.39 bits per heavy atom. The summed E-state index contributed by atoms with van der Waals surface area (Å²) in [6.45, 7) is 6.43. The summed E-state index contributed by atoms with van der Waals surface area (Å²) in [6, 6.07) is 25.4. The van der Waals surface area contributed by atoms with Crippen molar-refractivity contribution in [3.05, 3.63) is 78.9 Å². The number of anilines is 1. The van der Waals surface area contributed by atoms with Crippen molar-refractivity contribution >= 4 is 22.5 Å². The van der Waals surface area contributed by atoms with Crippen LogP contribution >= 0.6 is 0 Å². The Bertz CT molecular complexity index is 1380. The van der Waals surface area contributed by atoms with Crippen molar-refractivity contribution in [3.8, 4) is 28.3 Å². The molecule has 154 valence electrons. The van der Waals surface area contributed by atoms with Gasteiger partial charge in [-0.25, -0.2) is 9.97 Å². The Morgan fingerprint density at radius 1 is 0.742 bits per heavy atom. The number of fused-ring (bicyclic) bond motifs is 3. The Labute approximate surface area is 181 Å². The minimum atomic E-state index is -0.164. The lowest BCUT2D eigenvalue weighted by atomic mass is 10.1. The van der Waals surface area contributed by atoms with Gasteiger partial charge in [-0.2, -0.15) is 0 Å². The van der Waals surface area contributed by atoms with Crippen LogP contribution in [0.25, 0.3) is 39.2 Å². The number of benzene rings is 3. The fourth-order valence-electron chi connectivity index (χ4n) is 3.81. The minimum absolute atomic E-state index is 0.164. The van der Waals surface area contributed by atoms with E-state index in [2.05, 4.69) is 48.7 Å². The molecule has 0 aliphatic rings. The third-order valence-electron chi connectivity index (χ3n) is 5.13. The molecule has 0 fully saturated rings. The summed E-state index contributed by atoms with van der Waals surface area (Å²) in [5.74, 6) is 1.16. The van der Waals surface area contributed by atoms with E-state index in [9.17, 15) is 5.11 Å². The van der Waals surface area contributed by atoms with Crippen molar-refractivity contribution in [2.75, 3.05) is 5.32 Å². The zero-order valence-electron chi connectivity index (χ0n) is 17.8. The maximum Gasteiger partial charge on any atom is 0.166 e. The van der Waals surface area contributed by atoms with Crippen LogP contribution in [0.4, 0.5) is 5.82 Å². The predicted octanol–water partition coefficient (Wildman–Crippen LogP) is 6.13. The first-order valence-corrected chi connectivity index (χ1v) is 10.3. The van der Waals surface area contributed by atoms with Crippen molar-refractivity contribution < 1.29 is 5.11 Å². The summed E-state index contributed by atoms with van der Waals surface area (Å²) >= 11 is 0. The lowest BCUT2D eigenvalue weighted by molar-refractivity contribution is 0.475. The van der Waals surface area contributed by atoms with Crippen LogP contribution in [0.1, 0.15) is 20.8 Å². The molecule has 2 heterocycles. The highest BCUT2D eigenvalue weighted by Gasteiger charge is 2.23. The molecule has 31 heavy (non-hydrogen) atoms. The van der Waals surface area contributed by atoms with E-state index < -0.39 is 0 Å².